The first-order chi connectivity index (χ1) is 14.9. The summed E-state index contributed by atoms with van der Waals surface area (Å²) < 4.78 is 15.1. The number of rotatable bonds is 10. The third kappa shape index (κ3) is 6.19. The molecule has 2 fully saturated rings. The van der Waals surface area contributed by atoms with Crippen molar-refractivity contribution in [3.8, 4) is 0 Å². The number of nitrogens with one attached hydrogen (secondary N) is 2. The zero-order valence-corrected chi connectivity index (χ0v) is 18.8. The molecule has 1 saturated heterocycles. The van der Waals surface area contributed by atoms with Gasteiger partial charge in [-0.25, -0.2) is 15.0 Å². The predicted octanol–water partition coefficient (Wildman–Crippen LogP) is 2.67. The summed E-state index contributed by atoms with van der Waals surface area (Å²) in [6.07, 6.45) is 7.90. The number of hydrazine groups is 1. The molecule has 1 aliphatic carbocycles. The lowest BCUT2D eigenvalue weighted by atomic mass is 9.92. The largest absolute Gasteiger partial charge is 0.354 e. The summed E-state index contributed by atoms with van der Waals surface area (Å²) in [5, 5.41) is 10.5. The van der Waals surface area contributed by atoms with Gasteiger partial charge in [-0.3, -0.25) is 25.6 Å². The molecule has 1 aromatic rings. The Labute approximate surface area is 186 Å². The molecule has 0 aromatic carbocycles. The topological polar surface area (TPSA) is 111 Å². The summed E-state index contributed by atoms with van der Waals surface area (Å²) in [7, 11) is 0. The first-order valence-electron chi connectivity index (χ1n) is 10.7. The van der Waals surface area contributed by atoms with E-state index in [1.807, 2.05) is 4.90 Å². The van der Waals surface area contributed by atoms with Crippen LogP contribution < -0.4 is 15.8 Å². The number of aromatic nitrogens is 2. The van der Waals surface area contributed by atoms with Crippen molar-refractivity contribution in [1.82, 2.24) is 20.5 Å². The van der Waals surface area contributed by atoms with Crippen molar-refractivity contribution in [3.63, 3.8) is 0 Å². The maximum absolute atomic E-state index is 15.1. The first kappa shape index (κ1) is 23.5. The van der Waals surface area contributed by atoms with Gasteiger partial charge in [-0.1, -0.05) is 44.4 Å². The lowest BCUT2D eigenvalue weighted by Crippen LogP contribution is -2.41. The Hall–Kier alpha value is -2.14. The van der Waals surface area contributed by atoms with E-state index in [0.717, 1.165) is 45.2 Å². The summed E-state index contributed by atoms with van der Waals surface area (Å²) in [6, 6.07) is 0. The minimum absolute atomic E-state index is 0.0990. The zero-order chi connectivity index (χ0) is 22.4. The fourth-order valence-corrected chi connectivity index (χ4v) is 4.69. The number of amides is 2. The number of hydrogen-bond donors (Lipinski definition) is 3. The molecule has 1 aromatic heterocycles. The third-order valence-corrected chi connectivity index (χ3v) is 6.56. The van der Waals surface area contributed by atoms with Gasteiger partial charge >= 0.3 is 0 Å². The van der Waals surface area contributed by atoms with Gasteiger partial charge in [0.2, 0.25) is 18.1 Å². The van der Waals surface area contributed by atoms with Crippen LogP contribution in [-0.4, -0.2) is 58.4 Å². The number of carbonyl (C=O) groups excluding carboxylic acids is 2. The Balaban J connectivity index is 1.71. The molecule has 1 aliphatic heterocycles. The SMILES string of the molecule is CSc1nc(NNC(=O)[C@H](CC2CCCC2)CN(O)C=O)c(F)c(N2CCC(C)C2)n1. The number of carbonyl (C=O) groups is 2. The van der Waals surface area contributed by atoms with E-state index in [1.165, 1.54) is 11.8 Å². The van der Waals surface area contributed by atoms with Gasteiger partial charge in [-0.15, -0.1) is 0 Å². The van der Waals surface area contributed by atoms with E-state index in [-0.39, 0.29) is 24.6 Å². The second-order valence-electron chi connectivity index (χ2n) is 8.46. The number of anilines is 2. The monoisotopic (exact) mass is 454 g/mol. The van der Waals surface area contributed by atoms with Crippen LogP contribution >= 0.6 is 11.8 Å². The highest BCUT2D eigenvalue weighted by atomic mass is 32.2. The first-order valence-corrected chi connectivity index (χ1v) is 12.0. The molecule has 9 nitrogen and oxygen atoms in total. The summed E-state index contributed by atoms with van der Waals surface area (Å²) in [4.78, 5) is 34.0. The van der Waals surface area contributed by atoms with E-state index in [1.54, 1.807) is 6.26 Å². The van der Waals surface area contributed by atoms with Crippen LogP contribution in [0.4, 0.5) is 16.0 Å². The summed E-state index contributed by atoms with van der Waals surface area (Å²) in [6.45, 7) is 3.43. The van der Waals surface area contributed by atoms with Crippen molar-refractivity contribution in [2.24, 2.45) is 17.8 Å². The Morgan fingerprint density at radius 3 is 2.74 bits per heavy atom. The minimum atomic E-state index is -0.616. The van der Waals surface area contributed by atoms with Crippen molar-refractivity contribution >= 4 is 35.7 Å². The zero-order valence-electron chi connectivity index (χ0n) is 18.0. The summed E-state index contributed by atoms with van der Waals surface area (Å²) in [5.74, 6) is -0.695. The highest BCUT2D eigenvalue weighted by Crippen LogP contribution is 2.31. The van der Waals surface area contributed by atoms with Crippen molar-refractivity contribution < 1.29 is 19.2 Å². The molecule has 3 rings (SSSR count). The average molecular weight is 455 g/mol. The number of halogens is 1. The van der Waals surface area contributed by atoms with E-state index in [9.17, 15) is 14.8 Å². The van der Waals surface area contributed by atoms with Crippen molar-refractivity contribution in [2.45, 2.75) is 50.6 Å². The van der Waals surface area contributed by atoms with Crippen LogP contribution in [0.1, 0.15) is 45.4 Å². The lowest BCUT2D eigenvalue weighted by molar-refractivity contribution is -0.154. The molecular weight excluding hydrogens is 423 g/mol. The van der Waals surface area contributed by atoms with Gasteiger partial charge in [0.25, 0.3) is 0 Å². The van der Waals surface area contributed by atoms with Crippen LogP contribution in [0.5, 0.6) is 0 Å². The Bertz CT molecular complexity index is 780. The molecule has 31 heavy (non-hydrogen) atoms. The van der Waals surface area contributed by atoms with E-state index in [2.05, 4.69) is 27.7 Å². The van der Waals surface area contributed by atoms with Gasteiger partial charge in [-0.2, -0.15) is 4.39 Å². The molecular formula is C20H31FN6O3S. The Morgan fingerprint density at radius 1 is 1.39 bits per heavy atom. The second kappa shape index (κ2) is 10.9. The van der Waals surface area contributed by atoms with Crippen LogP contribution in [0.25, 0.3) is 0 Å². The molecule has 0 radical (unpaired) electrons. The van der Waals surface area contributed by atoms with Gasteiger partial charge in [0, 0.05) is 13.1 Å². The van der Waals surface area contributed by atoms with Crippen LogP contribution in [0.15, 0.2) is 5.16 Å². The molecule has 0 bridgehead atoms. The van der Waals surface area contributed by atoms with Crippen molar-refractivity contribution in [2.75, 3.05) is 36.2 Å². The van der Waals surface area contributed by atoms with Gasteiger partial charge in [0.1, 0.15) is 0 Å². The highest BCUT2D eigenvalue weighted by Gasteiger charge is 2.28. The number of hydrogen-bond acceptors (Lipinski definition) is 8. The van der Waals surface area contributed by atoms with Gasteiger partial charge in [0.05, 0.1) is 12.5 Å². The normalized spacial score (nSPS) is 20.0. The van der Waals surface area contributed by atoms with E-state index in [4.69, 9.17) is 0 Å². The summed E-state index contributed by atoms with van der Waals surface area (Å²) in [5.41, 5.74) is 5.13. The minimum Gasteiger partial charge on any atom is -0.354 e. The lowest BCUT2D eigenvalue weighted by Gasteiger charge is -2.23. The maximum Gasteiger partial charge on any atom is 0.243 e. The van der Waals surface area contributed by atoms with Gasteiger partial charge < -0.3 is 4.90 Å². The predicted molar refractivity (Wildman–Crippen MR) is 116 cm³/mol. The maximum atomic E-state index is 15.1. The van der Waals surface area contributed by atoms with E-state index in [0.29, 0.717) is 28.5 Å². The second-order valence-corrected chi connectivity index (χ2v) is 9.23. The number of thioether (sulfide) groups is 1. The van der Waals surface area contributed by atoms with Gasteiger partial charge in [0.15, 0.2) is 16.8 Å². The van der Waals surface area contributed by atoms with Crippen LogP contribution in [0.3, 0.4) is 0 Å². The molecule has 2 atom stereocenters. The molecule has 1 unspecified atom stereocenters. The number of nitrogens with zero attached hydrogens (tertiary/aromatic N) is 4. The summed E-state index contributed by atoms with van der Waals surface area (Å²) >= 11 is 1.29. The number of hydroxylamine groups is 2. The molecule has 172 valence electrons. The van der Waals surface area contributed by atoms with Crippen LogP contribution in [-0.2, 0) is 9.59 Å². The molecule has 2 aliphatic rings. The van der Waals surface area contributed by atoms with E-state index < -0.39 is 17.6 Å². The van der Waals surface area contributed by atoms with Crippen LogP contribution in [0, 0.1) is 23.6 Å². The highest BCUT2D eigenvalue weighted by molar-refractivity contribution is 7.98. The van der Waals surface area contributed by atoms with Crippen molar-refractivity contribution in [1.29, 1.82) is 0 Å². The fourth-order valence-electron chi connectivity index (χ4n) is 4.33. The fraction of sp³-hybridized carbons (Fsp3) is 0.700. The van der Waals surface area contributed by atoms with Crippen molar-refractivity contribution in [3.05, 3.63) is 5.82 Å². The smallest absolute Gasteiger partial charge is 0.243 e. The molecule has 3 N–H and O–H groups in total. The molecule has 2 heterocycles. The Kier molecular flexibility index (Phi) is 8.30. The van der Waals surface area contributed by atoms with Crippen LogP contribution in [0.2, 0.25) is 0 Å². The van der Waals surface area contributed by atoms with E-state index >= 15 is 4.39 Å². The average Bonchev–Trinajstić information content (AvgIpc) is 3.43. The van der Waals surface area contributed by atoms with Gasteiger partial charge in [-0.05, 0) is 30.9 Å². The standard InChI is InChI=1S/C20H31FN6O3S/c1-13-7-8-26(10-13)18-16(21)17(22-20(23-18)31-2)24-25-19(29)15(11-27(30)12-28)9-14-5-3-4-6-14/h12-15,30H,3-11H2,1-2H3,(H,25,29)(H,22,23,24)/t13?,15-/m1/s1. The molecule has 2 amide bonds. The Morgan fingerprint density at radius 2 is 2.13 bits per heavy atom. The molecule has 11 heteroatoms. The quantitative estimate of drug-likeness (QED) is 0.163. The molecule has 0 spiro atoms. The molecule has 1 saturated carbocycles. The third-order valence-electron chi connectivity index (χ3n) is 6.02.